The average Bonchev–Trinajstić information content (AvgIpc) is 2.37. The maximum absolute atomic E-state index is 11.5. The number of primary sulfonamides is 1. The molecule has 2 aliphatic carbocycles. The lowest BCUT2D eigenvalue weighted by atomic mass is 9.76. The summed E-state index contributed by atoms with van der Waals surface area (Å²) in [6, 6.07) is 0. The zero-order valence-electron chi connectivity index (χ0n) is 11.8. The summed E-state index contributed by atoms with van der Waals surface area (Å²) in [7, 11) is -3.42. The van der Waals surface area contributed by atoms with E-state index in [0.717, 1.165) is 38.5 Å². The van der Waals surface area contributed by atoms with Crippen LogP contribution in [0.2, 0.25) is 0 Å². The first-order valence-electron chi connectivity index (χ1n) is 7.61. The van der Waals surface area contributed by atoms with Gasteiger partial charge in [0, 0.05) is 5.41 Å². The van der Waals surface area contributed by atoms with E-state index in [1.54, 1.807) is 0 Å². The minimum atomic E-state index is -3.42. The first kappa shape index (κ1) is 15.3. The van der Waals surface area contributed by atoms with Crippen LogP contribution in [0, 0.1) is 5.41 Å². The highest BCUT2D eigenvalue weighted by Crippen LogP contribution is 2.38. The second-order valence-electron chi connectivity index (χ2n) is 6.44. The topological polar surface area (TPSA) is 69.4 Å². The second kappa shape index (κ2) is 6.55. The summed E-state index contributed by atoms with van der Waals surface area (Å²) in [5, 5.41) is 5.28. The molecule has 0 radical (unpaired) electrons. The molecule has 0 bridgehead atoms. The first-order valence-corrected chi connectivity index (χ1v) is 9.33. The summed E-state index contributed by atoms with van der Waals surface area (Å²) in [4.78, 5) is 0. The Morgan fingerprint density at radius 1 is 1.00 bits per heavy atom. The molecule has 5 heteroatoms. The van der Waals surface area contributed by atoms with Crippen molar-refractivity contribution in [1.29, 1.82) is 0 Å². The third-order valence-electron chi connectivity index (χ3n) is 4.60. The summed E-state index contributed by atoms with van der Waals surface area (Å²) >= 11 is 0. The van der Waals surface area contributed by atoms with Crippen molar-refractivity contribution in [2.45, 2.75) is 70.3 Å². The Kier molecular flexibility index (Phi) is 5.26. The van der Waals surface area contributed by atoms with Gasteiger partial charge in [0.15, 0.2) is 0 Å². The number of nitrogens with two attached hydrogens (primary N) is 1. The zero-order chi connectivity index (χ0) is 13.8. The van der Waals surface area contributed by atoms with Gasteiger partial charge in [0.1, 0.15) is 0 Å². The summed E-state index contributed by atoms with van der Waals surface area (Å²) in [6.45, 7) is 0.577. The Morgan fingerprint density at radius 3 is 2.16 bits per heavy atom. The highest BCUT2D eigenvalue weighted by molar-refractivity contribution is 7.89. The zero-order valence-corrected chi connectivity index (χ0v) is 12.6. The van der Waals surface area contributed by atoms with Crippen LogP contribution in [0.3, 0.4) is 0 Å². The number of hydrogen-bond acceptors (Lipinski definition) is 3. The minimum absolute atomic E-state index is 0.0900. The molecule has 0 spiro atoms. The van der Waals surface area contributed by atoms with Crippen molar-refractivity contribution < 1.29 is 13.2 Å². The van der Waals surface area contributed by atoms with Crippen molar-refractivity contribution in [2.75, 3.05) is 12.4 Å². The molecule has 0 aromatic carbocycles. The molecule has 2 fully saturated rings. The molecule has 0 saturated heterocycles. The lowest BCUT2D eigenvalue weighted by molar-refractivity contribution is -0.0305. The normalized spacial score (nSPS) is 25.3. The molecule has 0 aromatic heterocycles. The fraction of sp³-hybridized carbons (Fsp3) is 1.00. The molecule has 2 saturated carbocycles. The van der Waals surface area contributed by atoms with Crippen LogP contribution in [0.1, 0.15) is 64.2 Å². The largest absolute Gasteiger partial charge is 0.378 e. The third kappa shape index (κ3) is 5.04. The standard InChI is InChI=1S/C14H27NO3S/c15-19(16,17)12-14(9-5-2-6-10-14)11-18-13-7-3-1-4-8-13/h13H,1-12H2,(H2,15,16,17). The molecule has 2 N–H and O–H groups in total. The maximum Gasteiger partial charge on any atom is 0.209 e. The Balaban J connectivity index is 1.93. The molecule has 112 valence electrons. The van der Waals surface area contributed by atoms with E-state index in [-0.39, 0.29) is 11.2 Å². The first-order chi connectivity index (χ1) is 8.99. The molecule has 0 heterocycles. The van der Waals surface area contributed by atoms with Crippen molar-refractivity contribution >= 4 is 10.0 Å². The van der Waals surface area contributed by atoms with Crippen molar-refractivity contribution in [3.8, 4) is 0 Å². The molecule has 0 atom stereocenters. The van der Waals surface area contributed by atoms with Crippen molar-refractivity contribution in [2.24, 2.45) is 10.6 Å². The van der Waals surface area contributed by atoms with Gasteiger partial charge in [-0.05, 0) is 25.7 Å². The number of sulfonamides is 1. The van der Waals surface area contributed by atoms with Gasteiger partial charge in [-0.15, -0.1) is 0 Å². The van der Waals surface area contributed by atoms with E-state index >= 15 is 0 Å². The van der Waals surface area contributed by atoms with Gasteiger partial charge in [0.25, 0.3) is 0 Å². The summed E-state index contributed by atoms with van der Waals surface area (Å²) in [5.74, 6) is 0.0900. The SMILES string of the molecule is NS(=O)(=O)CC1(COC2CCCCC2)CCCCC1. The van der Waals surface area contributed by atoms with Gasteiger partial charge < -0.3 is 4.74 Å². The average molecular weight is 289 g/mol. The van der Waals surface area contributed by atoms with Crippen molar-refractivity contribution in [3.63, 3.8) is 0 Å². The molecule has 2 aliphatic rings. The minimum Gasteiger partial charge on any atom is -0.378 e. The Bertz CT molecular complexity index is 368. The number of ether oxygens (including phenoxy) is 1. The van der Waals surface area contributed by atoms with Crippen LogP contribution in [-0.4, -0.2) is 26.9 Å². The molecule has 2 rings (SSSR count). The van der Waals surface area contributed by atoms with Crippen LogP contribution >= 0.6 is 0 Å². The predicted molar refractivity (Wildman–Crippen MR) is 76.3 cm³/mol. The van der Waals surface area contributed by atoms with Gasteiger partial charge in [0.2, 0.25) is 10.0 Å². The van der Waals surface area contributed by atoms with E-state index in [1.165, 1.54) is 25.7 Å². The Morgan fingerprint density at radius 2 is 1.58 bits per heavy atom. The molecule has 0 aliphatic heterocycles. The van der Waals surface area contributed by atoms with E-state index in [1.807, 2.05) is 0 Å². The van der Waals surface area contributed by atoms with E-state index in [2.05, 4.69) is 0 Å². The highest BCUT2D eigenvalue weighted by Gasteiger charge is 2.36. The van der Waals surface area contributed by atoms with Gasteiger partial charge in [-0.1, -0.05) is 38.5 Å². The predicted octanol–water partition coefficient (Wildman–Crippen LogP) is 2.57. The van der Waals surface area contributed by atoms with Crippen LogP contribution in [-0.2, 0) is 14.8 Å². The third-order valence-corrected chi connectivity index (χ3v) is 5.61. The summed E-state index contributed by atoms with van der Waals surface area (Å²) in [6.07, 6.45) is 11.7. The maximum atomic E-state index is 11.5. The fourth-order valence-corrected chi connectivity index (χ4v) is 4.81. The second-order valence-corrected chi connectivity index (χ2v) is 8.05. The van der Waals surface area contributed by atoms with Crippen LogP contribution in [0.15, 0.2) is 0 Å². The van der Waals surface area contributed by atoms with Gasteiger partial charge in [-0.2, -0.15) is 0 Å². The van der Waals surface area contributed by atoms with Crippen molar-refractivity contribution in [1.82, 2.24) is 0 Å². The van der Waals surface area contributed by atoms with E-state index in [4.69, 9.17) is 9.88 Å². The smallest absolute Gasteiger partial charge is 0.209 e. The van der Waals surface area contributed by atoms with E-state index in [9.17, 15) is 8.42 Å². The molecule has 4 nitrogen and oxygen atoms in total. The van der Waals surface area contributed by atoms with Crippen molar-refractivity contribution in [3.05, 3.63) is 0 Å². The molecule has 0 aromatic rings. The summed E-state index contributed by atoms with van der Waals surface area (Å²) < 4.78 is 29.0. The summed E-state index contributed by atoms with van der Waals surface area (Å²) in [5.41, 5.74) is -0.219. The highest BCUT2D eigenvalue weighted by atomic mass is 32.2. The van der Waals surface area contributed by atoms with Gasteiger partial charge in [-0.25, -0.2) is 13.6 Å². The van der Waals surface area contributed by atoms with Crippen LogP contribution in [0.4, 0.5) is 0 Å². The Labute approximate surface area is 117 Å². The number of hydrogen-bond donors (Lipinski definition) is 1. The van der Waals surface area contributed by atoms with Crippen LogP contribution < -0.4 is 5.14 Å². The van der Waals surface area contributed by atoms with E-state index < -0.39 is 10.0 Å². The Hall–Kier alpha value is -0.130. The van der Waals surface area contributed by atoms with Gasteiger partial charge in [0.05, 0.1) is 18.5 Å². The molecular weight excluding hydrogens is 262 g/mol. The van der Waals surface area contributed by atoms with Crippen LogP contribution in [0.5, 0.6) is 0 Å². The lowest BCUT2D eigenvalue weighted by Gasteiger charge is -2.37. The van der Waals surface area contributed by atoms with Gasteiger partial charge in [-0.3, -0.25) is 0 Å². The molecular formula is C14H27NO3S. The molecule has 0 amide bonds. The van der Waals surface area contributed by atoms with Gasteiger partial charge >= 0.3 is 0 Å². The number of rotatable bonds is 5. The quantitative estimate of drug-likeness (QED) is 0.845. The van der Waals surface area contributed by atoms with Crippen LogP contribution in [0.25, 0.3) is 0 Å². The molecule has 0 unspecified atom stereocenters. The fourth-order valence-electron chi connectivity index (χ4n) is 3.59. The molecule has 19 heavy (non-hydrogen) atoms. The lowest BCUT2D eigenvalue weighted by Crippen LogP contribution is -2.40. The monoisotopic (exact) mass is 289 g/mol. The van der Waals surface area contributed by atoms with E-state index in [0.29, 0.717) is 12.7 Å².